The fraction of sp³-hybridized carbons (Fsp3) is 0.833. The van der Waals surface area contributed by atoms with Crippen LogP contribution in [-0.4, -0.2) is 36.6 Å². The second kappa shape index (κ2) is 10.3. The van der Waals surface area contributed by atoms with Gasteiger partial charge in [0.1, 0.15) is 0 Å². The molecule has 0 aromatic carbocycles. The summed E-state index contributed by atoms with van der Waals surface area (Å²) in [6.45, 7) is 4.94. The van der Waals surface area contributed by atoms with E-state index in [2.05, 4.69) is 5.32 Å². The van der Waals surface area contributed by atoms with Crippen molar-refractivity contribution in [2.24, 2.45) is 5.92 Å². The molecule has 0 aromatic rings. The summed E-state index contributed by atoms with van der Waals surface area (Å²) in [5.41, 5.74) is -1.73. The van der Waals surface area contributed by atoms with E-state index in [1.807, 2.05) is 0 Å². The molecule has 6 nitrogen and oxygen atoms in total. The number of rotatable bonds is 7. The van der Waals surface area contributed by atoms with Gasteiger partial charge in [0.25, 0.3) is 0 Å². The summed E-state index contributed by atoms with van der Waals surface area (Å²) in [4.78, 5) is 36.9. The van der Waals surface area contributed by atoms with Crippen LogP contribution in [-0.2, 0) is 23.9 Å². The van der Waals surface area contributed by atoms with Crippen LogP contribution >= 0.6 is 0 Å². The number of ether oxygens (including phenoxy) is 2. The average molecular weight is 341 g/mol. The maximum Gasteiger partial charge on any atom is 0.343 e. The number of carbonyl (C=O) groups is 3. The van der Waals surface area contributed by atoms with Crippen LogP contribution in [0, 0.1) is 5.92 Å². The number of amides is 1. The van der Waals surface area contributed by atoms with Crippen molar-refractivity contribution in [1.29, 1.82) is 0 Å². The summed E-state index contributed by atoms with van der Waals surface area (Å²) in [5, 5.41) is 2.56. The van der Waals surface area contributed by atoms with E-state index in [-0.39, 0.29) is 25.6 Å². The zero-order chi connectivity index (χ0) is 18.0. The fourth-order valence-electron chi connectivity index (χ4n) is 3.39. The van der Waals surface area contributed by atoms with Crippen LogP contribution in [0.4, 0.5) is 0 Å². The highest BCUT2D eigenvalue weighted by atomic mass is 16.6. The Morgan fingerprint density at radius 3 is 1.79 bits per heavy atom. The molecule has 6 heteroatoms. The van der Waals surface area contributed by atoms with Crippen molar-refractivity contribution < 1.29 is 23.9 Å². The summed E-state index contributed by atoms with van der Waals surface area (Å²) < 4.78 is 10.2. The maximum atomic E-state index is 12.6. The highest BCUT2D eigenvalue weighted by molar-refractivity contribution is 6.07. The minimum atomic E-state index is -1.73. The molecule has 1 aliphatic rings. The van der Waals surface area contributed by atoms with E-state index in [1.54, 1.807) is 13.8 Å². The molecule has 1 rings (SSSR count). The molecule has 0 aliphatic heterocycles. The topological polar surface area (TPSA) is 81.7 Å². The zero-order valence-corrected chi connectivity index (χ0v) is 15.2. The van der Waals surface area contributed by atoms with Crippen LogP contribution < -0.4 is 5.32 Å². The molecule has 1 N–H and O–H groups in total. The molecule has 0 unspecified atom stereocenters. The molecule has 0 aromatic heterocycles. The number of esters is 2. The SMILES string of the molecule is CCOC(=O)C(CC1CCCCCCC1)(NC(C)=O)C(=O)OCC. The maximum absolute atomic E-state index is 12.6. The molecule has 1 amide bonds. The van der Waals surface area contributed by atoms with Gasteiger partial charge in [0.05, 0.1) is 13.2 Å². The van der Waals surface area contributed by atoms with Gasteiger partial charge in [0.2, 0.25) is 11.4 Å². The number of hydrogen-bond acceptors (Lipinski definition) is 5. The van der Waals surface area contributed by atoms with Gasteiger partial charge >= 0.3 is 11.9 Å². The Morgan fingerprint density at radius 1 is 0.917 bits per heavy atom. The second-order valence-corrected chi connectivity index (χ2v) is 6.44. The summed E-state index contributed by atoms with van der Waals surface area (Å²) in [5.74, 6) is -1.70. The van der Waals surface area contributed by atoms with Crippen molar-refractivity contribution in [2.75, 3.05) is 13.2 Å². The van der Waals surface area contributed by atoms with Crippen molar-refractivity contribution >= 4 is 17.8 Å². The highest BCUT2D eigenvalue weighted by Crippen LogP contribution is 2.31. The Morgan fingerprint density at radius 2 is 1.38 bits per heavy atom. The highest BCUT2D eigenvalue weighted by Gasteiger charge is 2.51. The van der Waals surface area contributed by atoms with Crippen LogP contribution in [0.1, 0.15) is 72.1 Å². The Balaban J connectivity index is 3.08. The quantitative estimate of drug-likeness (QED) is 0.569. The molecule has 1 fully saturated rings. The van der Waals surface area contributed by atoms with Crippen LogP contribution in [0.5, 0.6) is 0 Å². The van der Waals surface area contributed by atoms with Crippen molar-refractivity contribution in [3.05, 3.63) is 0 Å². The lowest BCUT2D eigenvalue weighted by atomic mass is 9.80. The minimum absolute atomic E-state index is 0.143. The van der Waals surface area contributed by atoms with Crippen LogP contribution in [0.25, 0.3) is 0 Å². The number of carbonyl (C=O) groups excluding carboxylic acids is 3. The second-order valence-electron chi connectivity index (χ2n) is 6.44. The molecule has 0 heterocycles. The van der Waals surface area contributed by atoms with Gasteiger partial charge in [-0.15, -0.1) is 0 Å². The first kappa shape index (κ1) is 20.5. The molecular formula is C18H31NO5. The molecule has 0 radical (unpaired) electrons. The molecule has 24 heavy (non-hydrogen) atoms. The third-order valence-corrected chi connectivity index (χ3v) is 4.46. The third kappa shape index (κ3) is 5.80. The van der Waals surface area contributed by atoms with E-state index in [0.717, 1.165) is 25.7 Å². The predicted molar refractivity (Wildman–Crippen MR) is 90.2 cm³/mol. The van der Waals surface area contributed by atoms with Gasteiger partial charge < -0.3 is 14.8 Å². The van der Waals surface area contributed by atoms with E-state index in [4.69, 9.17) is 9.47 Å². The Hall–Kier alpha value is -1.59. The Bertz CT molecular complexity index is 409. The lowest BCUT2D eigenvalue weighted by Gasteiger charge is -2.33. The molecule has 0 bridgehead atoms. The molecule has 0 spiro atoms. The van der Waals surface area contributed by atoms with E-state index in [1.165, 1.54) is 26.2 Å². The Kier molecular flexibility index (Phi) is 8.79. The summed E-state index contributed by atoms with van der Waals surface area (Å²) in [6, 6.07) is 0. The standard InChI is InChI=1S/C18H31NO5/c1-4-23-16(21)18(19-14(3)20,17(22)24-5-2)13-15-11-9-7-6-8-10-12-15/h15H,4-13H2,1-3H3,(H,19,20). The van der Waals surface area contributed by atoms with Crippen molar-refractivity contribution in [1.82, 2.24) is 5.32 Å². The summed E-state index contributed by atoms with van der Waals surface area (Å²) in [6.07, 6.45) is 7.85. The first-order valence-corrected chi connectivity index (χ1v) is 9.09. The number of nitrogens with one attached hydrogen (secondary N) is 1. The molecular weight excluding hydrogens is 310 g/mol. The predicted octanol–water partition coefficient (Wildman–Crippen LogP) is 2.74. The molecule has 0 saturated heterocycles. The van der Waals surface area contributed by atoms with Crippen molar-refractivity contribution in [3.63, 3.8) is 0 Å². The molecule has 1 aliphatic carbocycles. The van der Waals surface area contributed by atoms with Gasteiger partial charge in [-0.25, -0.2) is 9.59 Å². The largest absolute Gasteiger partial charge is 0.464 e. The van der Waals surface area contributed by atoms with Gasteiger partial charge in [-0.3, -0.25) is 4.79 Å². The Labute approximate surface area is 144 Å². The normalized spacial score (nSPS) is 16.6. The lowest BCUT2D eigenvalue weighted by molar-refractivity contribution is -0.169. The van der Waals surface area contributed by atoms with Crippen molar-refractivity contribution in [2.45, 2.75) is 77.7 Å². The summed E-state index contributed by atoms with van der Waals surface area (Å²) >= 11 is 0. The van der Waals surface area contributed by atoms with Gasteiger partial charge in [0.15, 0.2) is 0 Å². The van der Waals surface area contributed by atoms with E-state index in [9.17, 15) is 14.4 Å². The van der Waals surface area contributed by atoms with Crippen molar-refractivity contribution in [3.8, 4) is 0 Å². The summed E-state index contributed by atoms with van der Waals surface area (Å²) in [7, 11) is 0. The molecule has 0 atom stereocenters. The van der Waals surface area contributed by atoms with Gasteiger partial charge in [-0.05, 0) is 26.2 Å². The van der Waals surface area contributed by atoms with E-state index >= 15 is 0 Å². The average Bonchev–Trinajstić information content (AvgIpc) is 2.48. The lowest BCUT2D eigenvalue weighted by Crippen LogP contribution is -2.62. The smallest absolute Gasteiger partial charge is 0.343 e. The minimum Gasteiger partial charge on any atom is -0.464 e. The first-order chi connectivity index (χ1) is 11.5. The first-order valence-electron chi connectivity index (χ1n) is 9.09. The van der Waals surface area contributed by atoms with Gasteiger partial charge in [-0.2, -0.15) is 0 Å². The fourth-order valence-corrected chi connectivity index (χ4v) is 3.39. The van der Waals surface area contributed by atoms with E-state index < -0.39 is 23.4 Å². The third-order valence-electron chi connectivity index (χ3n) is 4.46. The van der Waals surface area contributed by atoms with Crippen LogP contribution in [0.15, 0.2) is 0 Å². The van der Waals surface area contributed by atoms with Gasteiger partial charge in [-0.1, -0.05) is 44.9 Å². The number of hydrogen-bond donors (Lipinski definition) is 1. The van der Waals surface area contributed by atoms with Crippen LogP contribution in [0.2, 0.25) is 0 Å². The van der Waals surface area contributed by atoms with E-state index in [0.29, 0.717) is 0 Å². The molecule has 138 valence electrons. The zero-order valence-electron chi connectivity index (χ0n) is 15.2. The molecule has 1 saturated carbocycles. The van der Waals surface area contributed by atoms with Gasteiger partial charge in [0, 0.05) is 6.92 Å². The van der Waals surface area contributed by atoms with Crippen LogP contribution in [0.3, 0.4) is 0 Å². The monoisotopic (exact) mass is 341 g/mol.